The molecule has 0 aromatic heterocycles. The van der Waals surface area contributed by atoms with Crippen molar-refractivity contribution in [2.75, 3.05) is 6.61 Å². The summed E-state index contributed by atoms with van der Waals surface area (Å²) >= 11 is 0. The van der Waals surface area contributed by atoms with Crippen molar-refractivity contribution >= 4 is 30.1 Å². The fourth-order valence-electron chi connectivity index (χ4n) is 3.22. The summed E-state index contributed by atoms with van der Waals surface area (Å²) in [4.78, 5) is 47.1. The van der Waals surface area contributed by atoms with E-state index in [0.717, 1.165) is 24.3 Å². The van der Waals surface area contributed by atoms with E-state index >= 15 is 0 Å². The third-order valence-corrected chi connectivity index (χ3v) is 4.70. The number of hydrogen-bond donors (Lipinski definition) is 1. The van der Waals surface area contributed by atoms with Crippen molar-refractivity contribution in [2.24, 2.45) is 5.10 Å². The Labute approximate surface area is 181 Å². The van der Waals surface area contributed by atoms with E-state index in [9.17, 15) is 19.2 Å². The fraction of sp³-hybridized carbons (Fsp3) is 0.500. The van der Waals surface area contributed by atoms with Gasteiger partial charge in [0.15, 0.2) is 6.10 Å². The van der Waals surface area contributed by atoms with E-state index in [1.54, 1.807) is 31.2 Å². The number of ether oxygens (including phenoxy) is 2. The number of benzene rings is 1. The molecule has 0 bridgehead atoms. The predicted molar refractivity (Wildman–Crippen MR) is 113 cm³/mol. The molecule has 0 spiro atoms. The van der Waals surface area contributed by atoms with Crippen molar-refractivity contribution in [1.82, 2.24) is 10.3 Å². The molecule has 3 amide bonds. The van der Waals surface area contributed by atoms with Crippen LogP contribution < -0.4 is 5.32 Å². The maximum Gasteiger partial charge on any atom is 0.345 e. The smallest absolute Gasteiger partial charge is 0.345 e. The standard InChI is InChI=1S/C22H29N3O6/c1-3-30-20(27)14-10-5-4-9-13-18-21(28)24-22(29)25(18)23-15-19(31-16(2)26)17-11-7-6-8-12-17/h6-8,11-12,15,18-19H,3-5,9-10,13-14H2,1-2H3,(H,24,28,29)/b23-15+. The molecule has 0 aliphatic carbocycles. The van der Waals surface area contributed by atoms with Gasteiger partial charge in [0.25, 0.3) is 5.91 Å². The van der Waals surface area contributed by atoms with Crippen LogP contribution in [-0.4, -0.2) is 47.7 Å². The molecule has 31 heavy (non-hydrogen) atoms. The summed E-state index contributed by atoms with van der Waals surface area (Å²) in [5.41, 5.74) is 0.700. The summed E-state index contributed by atoms with van der Waals surface area (Å²) in [6.45, 7) is 3.44. The first-order valence-corrected chi connectivity index (χ1v) is 10.5. The molecule has 168 valence electrons. The topological polar surface area (TPSA) is 114 Å². The van der Waals surface area contributed by atoms with Gasteiger partial charge in [0.1, 0.15) is 6.04 Å². The molecule has 1 aliphatic heterocycles. The molecule has 2 atom stereocenters. The Morgan fingerprint density at radius 1 is 1.16 bits per heavy atom. The first kappa shape index (κ1) is 24.0. The summed E-state index contributed by atoms with van der Waals surface area (Å²) < 4.78 is 10.2. The highest BCUT2D eigenvalue weighted by Gasteiger charge is 2.38. The molecule has 1 fully saturated rings. The minimum Gasteiger partial charge on any atom is -0.466 e. The molecular formula is C22H29N3O6. The second-order valence-electron chi connectivity index (χ2n) is 7.12. The second-order valence-corrected chi connectivity index (χ2v) is 7.12. The maximum atomic E-state index is 12.2. The van der Waals surface area contributed by atoms with Crippen molar-refractivity contribution in [3.8, 4) is 0 Å². The van der Waals surface area contributed by atoms with Crippen LogP contribution >= 0.6 is 0 Å². The third kappa shape index (κ3) is 7.84. The summed E-state index contributed by atoms with van der Waals surface area (Å²) in [6.07, 6.45) is 4.46. The maximum absolute atomic E-state index is 12.2. The van der Waals surface area contributed by atoms with Crippen molar-refractivity contribution in [3.05, 3.63) is 35.9 Å². The number of carbonyl (C=O) groups excluding carboxylic acids is 4. The zero-order chi connectivity index (χ0) is 22.6. The van der Waals surface area contributed by atoms with Gasteiger partial charge in [-0.25, -0.2) is 9.80 Å². The molecular weight excluding hydrogens is 402 g/mol. The number of unbranched alkanes of at least 4 members (excludes halogenated alkanes) is 3. The minimum absolute atomic E-state index is 0.204. The molecule has 9 heteroatoms. The summed E-state index contributed by atoms with van der Waals surface area (Å²) in [6, 6.07) is 7.67. The normalized spacial score (nSPS) is 17.0. The van der Waals surface area contributed by atoms with Gasteiger partial charge in [-0.2, -0.15) is 5.10 Å². The highest BCUT2D eigenvalue weighted by molar-refractivity contribution is 6.04. The van der Waals surface area contributed by atoms with Crippen molar-refractivity contribution in [1.29, 1.82) is 0 Å². The average Bonchev–Trinajstić information content (AvgIpc) is 3.00. The Bertz CT molecular complexity index is 796. The molecule has 1 aromatic rings. The molecule has 9 nitrogen and oxygen atoms in total. The van der Waals surface area contributed by atoms with Crippen molar-refractivity contribution in [3.63, 3.8) is 0 Å². The van der Waals surface area contributed by atoms with E-state index in [0.29, 0.717) is 31.4 Å². The van der Waals surface area contributed by atoms with E-state index in [1.807, 2.05) is 6.07 Å². The number of amides is 3. The highest BCUT2D eigenvalue weighted by atomic mass is 16.5. The van der Waals surface area contributed by atoms with Crippen LogP contribution in [0.1, 0.15) is 64.0 Å². The zero-order valence-electron chi connectivity index (χ0n) is 17.9. The van der Waals surface area contributed by atoms with Gasteiger partial charge in [-0.15, -0.1) is 0 Å². The largest absolute Gasteiger partial charge is 0.466 e. The van der Waals surface area contributed by atoms with Crippen LogP contribution in [0.3, 0.4) is 0 Å². The van der Waals surface area contributed by atoms with Gasteiger partial charge in [0.2, 0.25) is 0 Å². The second kappa shape index (κ2) is 12.5. The average molecular weight is 431 g/mol. The number of nitrogens with one attached hydrogen (secondary N) is 1. The van der Waals surface area contributed by atoms with Gasteiger partial charge in [-0.05, 0) is 25.3 Å². The number of hydrogen-bond acceptors (Lipinski definition) is 7. The van der Waals surface area contributed by atoms with Crippen molar-refractivity contribution in [2.45, 2.75) is 64.5 Å². The lowest BCUT2D eigenvalue weighted by molar-refractivity contribution is -0.144. The van der Waals surface area contributed by atoms with Gasteiger partial charge in [0.05, 0.1) is 12.8 Å². The van der Waals surface area contributed by atoms with Crippen LogP contribution in [0.2, 0.25) is 0 Å². The number of esters is 2. The monoisotopic (exact) mass is 431 g/mol. The molecule has 0 radical (unpaired) electrons. The summed E-state index contributed by atoms with van der Waals surface area (Å²) in [7, 11) is 0. The number of imide groups is 1. The van der Waals surface area contributed by atoms with E-state index < -0.39 is 30.1 Å². The molecule has 1 aromatic carbocycles. The SMILES string of the molecule is CCOC(=O)CCCCCCC1C(=O)NC(=O)N1/N=C/C(OC(C)=O)c1ccccc1. The van der Waals surface area contributed by atoms with Crippen LogP contribution in [0.5, 0.6) is 0 Å². The van der Waals surface area contributed by atoms with Gasteiger partial charge < -0.3 is 9.47 Å². The molecule has 2 rings (SSSR count). The van der Waals surface area contributed by atoms with Crippen LogP contribution in [0.4, 0.5) is 4.79 Å². The molecule has 1 N–H and O–H groups in total. The van der Waals surface area contributed by atoms with Crippen LogP contribution in [0.15, 0.2) is 35.4 Å². The lowest BCUT2D eigenvalue weighted by Gasteiger charge is -2.18. The first-order chi connectivity index (χ1) is 14.9. The Hall–Kier alpha value is -3.23. The van der Waals surface area contributed by atoms with E-state index in [1.165, 1.54) is 13.1 Å². The molecule has 1 heterocycles. The third-order valence-electron chi connectivity index (χ3n) is 4.70. The number of hydrazone groups is 1. The fourth-order valence-corrected chi connectivity index (χ4v) is 3.22. The van der Waals surface area contributed by atoms with E-state index in [-0.39, 0.29) is 5.97 Å². The van der Waals surface area contributed by atoms with E-state index in [2.05, 4.69) is 10.4 Å². The lowest BCUT2D eigenvalue weighted by atomic mass is 10.1. The zero-order valence-corrected chi connectivity index (χ0v) is 17.9. The van der Waals surface area contributed by atoms with Crippen LogP contribution in [-0.2, 0) is 23.9 Å². The minimum atomic E-state index is -0.772. The van der Waals surface area contributed by atoms with Crippen molar-refractivity contribution < 1.29 is 28.7 Å². The van der Waals surface area contributed by atoms with Gasteiger partial charge >= 0.3 is 18.0 Å². The van der Waals surface area contributed by atoms with Gasteiger partial charge in [-0.3, -0.25) is 19.7 Å². The number of rotatable bonds is 12. The molecule has 2 unspecified atom stereocenters. The van der Waals surface area contributed by atoms with Gasteiger partial charge in [-0.1, -0.05) is 49.6 Å². The Balaban J connectivity index is 1.91. The summed E-state index contributed by atoms with van der Waals surface area (Å²) in [5.74, 6) is -1.09. The molecule has 1 aliphatic rings. The number of urea groups is 1. The van der Waals surface area contributed by atoms with Crippen LogP contribution in [0, 0.1) is 0 Å². The van der Waals surface area contributed by atoms with E-state index in [4.69, 9.17) is 9.47 Å². The molecule has 1 saturated heterocycles. The number of nitrogens with zero attached hydrogens (tertiary/aromatic N) is 2. The Morgan fingerprint density at radius 2 is 1.87 bits per heavy atom. The summed E-state index contributed by atoms with van der Waals surface area (Å²) in [5, 5.41) is 7.53. The van der Waals surface area contributed by atoms with Gasteiger partial charge in [0, 0.05) is 13.3 Å². The molecule has 0 saturated carbocycles. The first-order valence-electron chi connectivity index (χ1n) is 10.5. The quantitative estimate of drug-likeness (QED) is 0.235. The lowest BCUT2D eigenvalue weighted by Crippen LogP contribution is -2.31. The Morgan fingerprint density at radius 3 is 2.55 bits per heavy atom. The highest BCUT2D eigenvalue weighted by Crippen LogP contribution is 2.20. The Kier molecular flexibility index (Phi) is 9.67. The number of carbonyl (C=O) groups is 4. The predicted octanol–water partition coefficient (Wildman–Crippen LogP) is 3.10. The van der Waals surface area contributed by atoms with Crippen LogP contribution in [0.25, 0.3) is 0 Å².